The third-order valence-corrected chi connectivity index (χ3v) is 3.55. The molecule has 7 heteroatoms. The molecule has 118 valence electrons. The minimum atomic E-state index is -0.256. The van der Waals surface area contributed by atoms with E-state index in [-0.39, 0.29) is 5.82 Å². The van der Waals surface area contributed by atoms with Crippen LogP contribution >= 0.6 is 23.8 Å². The van der Waals surface area contributed by atoms with E-state index in [0.29, 0.717) is 22.5 Å². The van der Waals surface area contributed by atoms with Crippen molar-refractivity contribution in [2.24, 2.45) is 0 Å². The molecule has 0 fully saturated rings. The molecule has 0 atom stereocenters. The molecule has 2 N–H and O–H groups in total. The molecule has 1 aromatic carbocycles. The maximum atomic E-state index is 12.9. The summed E-state index contributed by atoms with van der Waals surface area (Å²) in [6, 6.07) is 6.28. The maximum Gasteiger partial charge on any atom is 0.173 e. The zero-order valence-corrected chi connectivity index (χ0v) is 13.8. The van der Waals surface area contributed by atoms with Crippen molar-refractivity contribution >= 4 is 34.7 Å². The van der Waals surface area contributed by atoms with E-state index < -0.39 is 0 Å². The number of aromatic nitrogens is 2. The fourth-order valence-electron chi connectivity index (χ4n) is 1.87. The summed E-state index contributed by atoms with van der Waals surface area (Å²) < 4.78 is 14.6. The van der Waals surface area contributed by atoms with Crippen molar-refractivity contribution in [3.05, 3.63) is 46.9 Å². The SMILES string of the molecule is CCCCNC(=S)Nc1nn(Cc2ccc(F)cc2)cc1Cl. The first kappa shape index (κ1) is 16.7. The molecule has 4 nitrogen and oxygen atoms in total. The van der Waals surface area contributed by atoms with E-state index in [1.54, 1.807) is 23.0 Å². The molecule has 2 rings (SSSR count). The van der Waals surface area contributed by atoms with Gasteiger partial charge in [-0.05, 0) is 36.3 Å². The monoisotopic (exact) mass is 340 g/mol. The Morgan fingerprint density at radius 3 is 2.77 bits per heavy atom. The van der Waals surface area contributed by atoms with Crippen molar-refractivity contribution in [3.8, 4) is 0 Å². The molecule has 0 aliphatic heterocycles. The molecule has 2 aromatic rings. The molecule has 22 heavy (non-hydrogen) atoms. The Morgan fingerprint density at radius 1 is 1.36 bits per heavy atom. The van der Waals surface area contributed by atoms with Crippen molar-refractivity contribution in [1.29, 1.82) is 0 Å². The molecule has 0 aliphatic carbocycles. The number of thiocarbonyl (C=S) groups is 1. The van der Waals surface area contributed by atoms with E-state index in [2.05, 4.69) is 22.7 Å². The highest BCUT2D eigenvalue weighted by Crippen LogP contribution is 2.20. The lowest BCUT2D eigenvalue weighted by molar-refractivity contribution is 0.624. The molecular weight excluding hydrogens is 323 g/mol. The average Bonchev–Trinajstić information content (AvgIpc) is 2.81. The van der Waals surface area contributed by atoms with E-state index >= 15 is 0 Å². The molecular formula is C15H18ClFN4S. The number of rotatable bonds is 6. The van der Waals surface area contributed by atoms with Crippen molar-refractivity contribution in [1.82, 2.24) is 15.1 Å². The van der Waals surface area contributed by atoms with Crippen LogP contribution in [0.15, 0.2) is 30.5 Å². The summed E-state index contributed by atoms with van der Waals surface area (Å²) in [4.78, 5) is 0. The summed E-state index contributed by atoms with van der Waals surface area (Å²) in [6.07, 6.45) is 3.86. The van der Waals surface area contributed by atoms with Crippen LogP contribution in [0.1, 0.15) is 25.3 Å². The lowest BCUT2D eigenvalue weighted by atomic mass is 10.2. The van der Waals surface area contributed by atoms with Crippen LogP contribution in [0.4, 0.5) is 10.2 Å². The van der Waals surface area contributed by atoms with Crippen LogP contribution in [0.25, 0.3) is 0 Å². The Kier molecular flexibility index (Phi) is 6.15. The quantitative estimate of drug-likeness (QED) is 0.620. The lowest BCUT2D eigenvalue weighted by Gasteiger charge is -2.08. The second kappa shape index (κ2) is 8.10. The molecule has 0 amide bonds. The molecule has 0 saturated heterocycles. The number of benzene rings is 1. The van der Waals surface area contributed by atoms with Crippen molar-refractivity contribution in [3.63, 3.8) is 0 Å². The fraction of sp³-hybridized carbons (Fsp3) is 0.333. The highest BCUT2D eigenvalue weighted by Gasteiger charge is 2.09. The van der Waals surface area contributed by atoms with Gasteiger partial charge in [-0.25, -0.2) is 4.39 Å². The Morgan fingerprint density at radius 2 is 2.09 bits per heavy atom. The molecule has 1 heterocycles. The van der Waals surface area contributed by atoms with Gasteiger partial charge in [-0.1, -0.05) is 37.1 Å². The van der Waals surface area contributed by atoms with Gasteiger partial charge < -0.3 is 10.6 Å². The van der Waals surface area contributed by atoms with E-state index in [9.17, 15) is 4.39 Å². The van der Waals surface area contributed by atoms with E-state index in [4.69, 9.17) is 23.8 Å². The fourth-order valence-corrected chi connectivity index (χ4v) is 2.27. The van der Waals surface area contributed by atoms with Gasteiger partial charge in [-0.2, -0.15) is 5.10 Å². The molecule has 0 radical (unpaired) electrons. The maximum absolute atomic E-state index is 12.9. The van der Waals surface area contributed by atoms with Crippen LogP contribution in [-0.4, -0.2) is 21.4 Å². The van der Waals surface area contributed by atoms with Crippen molar-refractivity contribution in [2.45, 2.75) is 26.3 Å². The van der Waals surface area contributed by atoms with Gasteiger partial charge in [0, 0.05) is 12.7 Å². The summed E-state index contributed by atoms with van der Waals surface area (Å²) in [6.45, 7) is 3.44. The number of unbranched alkanes of at least 4 members (excludes halogenated alkanes) is 1. The third kappa shape index (κ3) is 4.96. The average molecular weight is 341 g/mol. The molecule has 0 bridgehead atoms. The van der Waals surface area contributed by atoms with Gasteiger partial charge in [0.1, 0.15) is 10.8 Å². The Balaban J connectivity index is 1.95. The highest BCUT2D eigenvalue weighted by molar-refractivity contribution is 7.80. The third-order valence-electron chi connectivity index (χ3n) is 3.02. The number of halogens is 2. The molecule has 0 saturated carbocycles. The van der Waals surface area contributed by atoms with Gasteiger partial charge in [-0.3, -0.25) is 4.68 Å². The number of anilines is 1. The zero-order chi connectivity index (χ0) is 15.9. The van der Waals surface area contributed by atoms with Gasteiger partial charge in [-0.15, -0.1) is 0 Å². The van der Waals surface area contributed by atoms with Gasteiger partial charge in [0.2, 0.25) is 0 Å². The van der Waals surface area contributed by atoms with Gasteiger partial charge in [0.05, 0.1) is 6.54 Å². The molecule has 0 aliphatic rings. The van der Waals surface area contributed by atoms with Gasteiger partial charge >= 0.3 is 0 Å². The zero-order valence-electron chi connectivity index (χ0n) is 12.3. The first-order chi connectivity index (χ1) is 10.6. The van der Waals surface area contributed by atoms with Crippen molar-refractivity contribution < 1.29 is 4.39 Å². The van der Waals surface area contributed by atoms with Crippen molar-refractivity contribution in [2.75, 3.05) is 11.9 Å². The summed E-state index contributed by atoms with van der Waals surface area (Å²) >= 11 is 11.3. The molecule has 0 spiro atoms. The van der Waals surface area contributed by atoms with Crippen LogP contribution in [0.2, 0.25) is 5.02 Å². The van der Waals surface area contributed by atoms with Crippen LogP contribution < -0.4 is 10.6 Å². The highest BCUT2D eigenvalue weighted by atomic mass is 35.5. The van der Waals surface area contributed by atoms with Crippen LogP contribution in [-0.2, 0) is 6.54 Å². The topological polar surface area (TPSA) is 41.9 Å². The summed E-state index contributed by atoms with van der Waals surface area (Å²) in [5.41, 5.74) is 0.941. The molecule has 0 unspecified atom stereocenters. The summed E-state index contributed by atoms with van der Waals surface area (Å²) in [7, 11) is 0. The normalized spacial score (nSPS) is 10.5. The molecule has 1 aromatic heterocycles. The number of nitrogens with one attached hydrogen (secondary N) is 2. The van der Waals surface area contributed by atoms with Gasteiger partial charge in [0.15, 0.2) is 10.9 Å². The predicted octanol–water partition coefficient (Wildman–Crippen LogP) is 3.81. The largest absolute Gasteiger partial charge is 0.362 e. The Hall–Kier alpha value is -1.66. The number of hydrogen-bond acceptors (Lipinski definition) is 2. The predicted molar refractivity (Wildman–Crippen MR) is 91.9 cm³/mol. The first-order valence-corrected chi connectivity index (χ1v) is 7.89. The number of nitrogens with zero attached hydrogens (tertiary/aromatic N) is 2. The summed E-state index contributed by atoms with van der Waals surface area (Å²) in [5, 5.41) is 11.4. The minimum Gasteiger partial charge on any atom is -0.362 e. The first-order valence-electron chi connectivity index (χ1n) is 7.10. The van der Waals surface area contributed by atoms with Crippen LogP contribution in [0.3, 0.4) is 0 Å². The second-order valence-corrected chi connectivity index (χ2v) is 5.70. The minimum absolute atomic E-state index is 0.256. The van der Waals surface area contributed by atoms with E-state index in [1.165, 1.54) is 12.1 Å². The van der Waals surface area contributed by atoms with Crippen LogP contribution in [0.5, 0.6) is 0 Å². The van der Waals surface area contributed by atoms with E-state index in [1.807, 2.05) is 0 Å². The summed E-state index contributed by atoms with van der Waals surface area (Å²) in [5.74, 6) is 0.255. The van der Waals surface area contributed by atoms with E-state index in [0.717, 1.165) is 24.9 Å². The number of hydrogen-bond donors (Lipinski definition) is 2. The standard InChI is InChI=1S/C15H18ClFN4S/c1-2-3-8-18-15(22)19-14-13(16)10-21(20-14)9-11-4-6-12(17)7-5-11/h4-7,10H,2-3,8-9H2,1H3,(H2,18,19,20,22). The van der Waals surface area contributed by atoms with Gasteiger partial charge in [0.25, 0.3) is 0 Å². The Labute approximate surface area is 139 Å². The second-order valence-electron chi connectivity index (χ2n) is 4.88. The smallest absolute Gasteiger partial charge is 0.173 e. The lowest BCUT2D eigenvalue weighted by Crippen LogP contribution is -2.29. The van der Waals surface area contributed by atoms with Crippen LogP contribution in [0, 0.1) is 5.82 Å². The Bertz CT molecular complexity index is 627.